The second-order valence-corrected chi connectivity index (χ2v) is 8.23. The molecule has 1 aliphatic rings. The van der Waals surface area contributed by atoms with Crippen molar-refractivity contribution in [3.8, 4) is 17.2 Å². The first-order valence-corrected chi connectivity index (χ1v) is 11.5. The molecule has 0 saturated carbocycles. The van der Waals surface area contributed by atoms with Crippen LogP contribution in [0.25, 0.3) is 11.0 Å². The van der Waals surface area contributed by atoms with Gasteiger partial charge < -0.3 is 23.7 Å². The number of fused-ring (bicyclic) bond motifs is 1. The standard InChI is InChI=1S/C27H25N3O5/c1-19-27(35-20-7-3-2-4-8-20)26(32)22-11-10-21(17-23(22)34-19)33-18-25(31)30-15-13-29(14-16-30)24-9-5-6-12-28-24/h2-12,17H,13-16,18H2,1H3. The number of benzene rings is 2. The molecule has 1 aliphatic heterocycles. The normalized spacial score (nSPS) is 13.6. The average molecular weight is 472 g/mol. The Kier molecular flexibility index (Phi) is 6.34. The van der Waals surface area contributed by atoms with Crippen LogP contribution in [0.2, 0.25) is 0 Å². The van der Waals surface area contributed by atoms with Crippen LogP contribution in [0.3, 0.4) is 0 Å². The van der Waals surface area contributed by atoms with Crippen molar-refractivity contribution in [2.24, 2.45) is 0 Å². The van der Waals surface area contributed by atoms with Gasteiger partial charge in [-0.25, -0.2) is 4.98 Å². The molecular formula is C27H25N3O5. The first kappa shape index (κ1) is 22.5. The van der Waals surface area contributed by atoms with Crippen LogP contribution < -0.4 is 19.8 Å². The van der Waals surface area contributed by atoms with Gasteiger partial charge in [0.1, 0.15) is 28.7 Å². The lowest BCUT2D eigenvalue weighted by atomic mass is 10.2. The quantitative estimate of drug-likeness (QED) is 0.420. The number of carbonyl (C=O) groups is 1. The molecule has 0 radical (unpaired) electrons. The van der Waals surface area contributed by atoms with Gasteiger partial charge in [-0.05, 0) is 43.3 Å². The van der Waals surface area contributed by atoms with Gasteiger partial charge in [-0.2, -0.15) is 0 Å². The molecule has 1 saturated heterocycles. The number of carbonyl (C=O) groups excluding carboxylic acids is 1. The zero-order valence-corrected chi connectivity index (χ0v) is 19.3. The van der Waals surface area contributed by atoms with E-state index in [9.17, 15) is 9.59 Å². The highest BCUT2D eigenvalue weighted by molar-refractivity contribution is 5.80. The summed E-state index contributed by atoms with van der Waals surface area (Å²) in [5.41, 5.74) is 0.114. The van der Waals surface area contributed by atoms with Crippen LogP contribution in [0.5, 0.6) is 17.2 Å². The molecule has 0 unspecified atom stereocenters. The number of aromatic nitrogens is 1. The van der Waals surface area contributed by atoms with Gasteiger partial charge in [0.05, 0.1) is 5.39 Å². The highest BCUT2D eigenvalue weighted by atomic mass is 16.5. The van der Waals surface area contributed by atoms with Crippen LogP contribution >= 0.6 is 0 Å². The first-order valence-electron chi connectivity index (χ1n) is 11.5. The van der Waals surface area contributed by atoms with Crippen molar-refractivity contribution in [3.05, 3.63) is 88.9 Å². The Morgan fingerprint density at radius 1 is 0.971 bits per heavy atom. The van der Waals surface area contributed by atoms with Crippen LogP contribution in [0, 0.1) is 6.92 Å². The van der Waals surface area contributed by atoms with Gasteiger partial charge in [0.25, 0.3) is 5.91 Å². The third kappa shape index (κ3) is 4.96. The predicted molar refractivity (Wildman–Crippen MR) is 132 cm³/mol. The Balaban J connectivity index is 1.22. The van der Waals surface area contributed by atoms with E-state index in [0.29, 0.717) is 41.3 Å². The Morgan fingerprint density at radius 2 is 1.74 bits per heavy atom. The average Bonchev–Trinajstić information content (AvgIpc) is 2.90. The third-order valence-corrected chi connectivity index (χ3v) is 5.92. The maximum atomic E-state index is 13.0. The molecule has 0 aliphatic carbocycles. The van der Waals surface area contributed by atoms with E-state index in [1.54, 1.807) is 48.4 Å². The van der Waals surface area contributed by atoms with Crippen LogP contribution in [0.4, 0.5) is 5.82 Å². The predicted octanol–water partition coefficient (Wildman–Crippen LogP) is 4.02. The van der Waals surface area contributed by atoms with Gasteiger partial charge in [-0.1, -0.05) is 24.3 Å². The fourth-order valence-electron chi connectivity index (χ4n) is 4.04. The Hall–Kier alpha value is -4.33. The summed E-state index contributed by atoms with van der Waals surface area (Å²) in [6.45, 7) is 4.24. The SMILES string of the molecule is Cc1oc2cc(OCC(=O)N3CCN(c4ccccn4)CC3)ccc2c(=O)c1Oc1ccccc1. The molecule has 0 bridgehead atoms. The van der Waals surface area contributed by atoms with E-state index in [2.05, 4.69) is 9.88 Å². The maximum absolute atomic E-state index is 13.0. The number of aryl methyl sites for hydroxylation is 1. The third-order valence-electron chi connectivity index (χ3n) is 5.92. The molecule has 5 rings (SSSR count). The van der Waals surface area contributed by atoms with E-state index in [-0.39, 0.29) is 23.7 Å². The molecule has 1 fully saturated rings. The molecule has 8 heteroatoms. The number of anilines is 1. The zero-order valence-electron chi connectivity index (χ0n) is 19.3. The lowest BCUT2D eigenvalue weighted by Crippen LogP contribution is -2.50. The Labute approximate surface area is 202 Å². The van der Waals surface area contributed by atoms with E-state index in [1.165, 1.54) is 0 Å². The van der Waals surface area contributed by atoms with Crippen molar-refractivity contribution >= 4 is 22.7 Å². The van der Waals surface area contributed by atoms with Crippen molar-refractivity contribution in [3.63, 3.8) is 0 Å². The number of hydrogen-bond donors (Lipinski definition) is 0. The molecule has 35 heavy (non-hydrogen) atoms. The van der Waals surface area contributed by atoms with Crippen molar-refractivity contribution in [2.45, 2.75) is 6.92 Å². The van der Waals surface area contributed by atoms with E-state index < -0.39 is 0 Å². The molecule has 0 spiro atoms. The fraction of sp³-hybridized carbons (Fsp3) is 0.222. The molecule has 1 amide bonds. The number of ether oxygens (including phenoxy) is 2. The van der Waals surface area contributed by atoms with Gasteiger partial charge in [-0.15, -0.1) is 0 Å². The molecule has 8 nitrogen and oxygen atoms in total. The van der Waals surface area contributed by atoms with Crippen LogP contribution in [-0.4, -0.2) is 48.6 Å². The minimum absolute atomic E-state index is 0.0880. The van der Waals surface area contributed by atoms with Crippen LogP contribution in [-0.2, 0) is 4.79 Å². The summed E-state index contributed by atoms with van der Waals surface area (Å²) in [5.74, 6) is 2.36. The molecular weight excluding hydrogens is 446 g/mol. The smallest absolute Gasteiger partial charge is 0.260 e. The second kappa shape index (κ2) is 9.89. The minimum Gasteiger partial charge on any atom is -0.484 e. The second-order valence-electron chi connectivity index (χ2n) is 8.23. The summed E-state index contributed by atoms with van der Waals surface area (Å²) in [6, 6.07) is 19.8. The van der Waals surface area contributed by atoms with Crippen molar-refractivity contribution in [1.29, 1.82) is 0 Å². The summed E-state index contributed by atoms with van der Waals surface area (Å²) >= 11 is 0. The summed E-state index contributed by atoms with van der Waals surface area (Å²) < 4.78 is 17.4. The highest BCUT2D eigenvalue weighted by Gasteiger charge is 2.22. The highest BCUT2D eigenvalue weighted by Crippen LogP contribution is 2.27. The molecule has 2 aromatic heterocycles. The minimum atomic E-state index is -0.263. The molecule has 2 aromatic carbocycles. The molecule has 0 atom stereocenters. The summed E-state index contributed by atoms with van der Waals surface area (Å²) in [4.78, 5) is 34.0. The Morgan fingerprint density at radius 3 is 2.49 bits per heavy atom. The number of para-hydroxylation sites is 1. The topological polar surface area (TPSA) is 85.1 Å². The summed E-state index contributed by atoms with van der Waals surface area (Å²) in [6.07, 6.45) is 1.77. The van der Waals surface area contributed by atoms with Gasteiger partial charge >= 0.3 is 0 Å². The number of hydrogen-bond acceptors (Lipinski definition) is 7. The number of nitrogens with zero attached hydrogens (tertiary/aromatic N) is 3. The van der Waals surface area contributed by atoms with E-state index in [0.717, 1.165) is 18.9 Å². The van der Waals surface area contributed by atoms with Crippen molar-refractivity contribution in [2.75, 3.05) is 37.7 Å². The summed E-state index contributed by atoms with van der Waals surface area (Å²) in [5, 5.41) is 0.380. The number of piperazine rings is 1. The van der Waals surface area contributed by atoms with Gasteiger partial charge in [0, 0.05) is 38.4 Å². The zero-order chi connectivity index (χ0) is 24.2. The molecule has 3 heterocycles. The molecule has 178 valence electrons. The maximum Gasteiger partial charge on any atom is 0.260 e. The van der Waals surface area contributed by atoms with Crippen molar-refractivity contribution in [1.82, 2.24) is 9.88 Å². The van der Waals surface area contributed by atoms with Crippen LogP contribution in [0.1, 0.15) is 5.76 Å². The van der Waals surface area contributed by atoms with Gasteiger partial charge in [0.2, 0.25) is 11.2 Å². The van der Waals surface area contributed by atoms with E-state index in [4.69, 9.17) is 13.9 Å². The first-order chi connectivity index (χ1) is 17.1. The lowest BCUT2D eigenvalue weighted by molar-refractivity contribution is -0.133. The molecule has 4 aromatic rings. The number of rotatable bonds is 6. The van der Waals surface area contributed by atoms with Crippen LogP contribution in [0.15, 0.2) is 82.1 Å². The van der Waals surface area contributed by atoms with Gasteiger partial charge in [0.15, 0.2) is 6.61 Å². The van der Waals surface area contributed by atoms with E-state index in [1.807, 2.05) is 36.4 Å². The monoisotopic (exact) mass is 471 g/mol. The lowest BCUT2D eigenvalue weighted by Gasteiger charge is -2.35. The van der Waals surface area contributed by atoms with E-state index >= 15 is 0 Å². The summed E-state index contributed by atoms with van der Waals surface area (Å²) in [7, 11) is 0. The largest absolute Gasteiger partial charge is 0.484 e. The fourth-order valence-corrected chi connectivity index (χ4v) is 4.04. The number of amides is 1. The van der Waals surface area contributed by atoms with Crippen molar-refractivity contribution < 1.29 is 18.7 Å². The number of pyridine rings is 1. The van der Waals surface area contributed by atoms with Gasteiger partial charge in [-0.3, -0.25) is 9.59 Å². The Bertz CT molecular complexity index is 1380. The molecule has 0 N–H and O–H groups in total.